The highest BCUT2D eigenvalue weighted by atomic mass is 32.1. The SMILES string of the molecule is CC(C)(C)[C@H](NC(=S)Nc1cc(C(F)(F)F)cc(C(F)(F)F)c1)C(=O)N1CCC[C@@H]1c1ccc2ccccc2c1. The predicted molar refractivity (Wildman–Crippen MR) is 147 cm³/mol. The van der Waals surface area contributed by atoms with E-state index in [1.165, 1.54) is 0 Å². The van der Waals surface area contributed by atoms with Gasteiger partial charge in [-0.05, 0) is 71.1 Å². The van der Waals surface area contributed by atoms with Crippen LogP contribution < -0.4 is 10.6 Å². The molecule has 11 heteroatoms. The molecule has 0 radical (unpaired) electrons. The number of hydrogen-bond acceptors (Lipinski definition) is 2. The number of likely N-dealkylation sites (tertiary alicyclic amines) is 1. The Kier molecular flexibility index (Phi) is 8.08. The molecule has 1 saturated heterocycles. The molecule has 4 nitrogen and oxygen atoms in total. The van der Waals surface area contributed by atoms with Crippen molar-refractivity contribution in [3.8, 4) is 0 Å². The average Bonchev–Trinajstić information content (AvgIpc) is 3.35. The summed E-state index contributed by atoms with van der Waals surface area (Å²) >= 11 is 5.27. The van der Waals surface area contributed by atoms with Crippen LogP contribution in [-0.2, 0) is 17.1 Å². The lowest BCUT2D eigenvalue weighted by Crippen LogP contribution is -2.55. The number of fused-ring (bicyclic) bond motifs is 1. The first-order chi connectivity index (χ1) is 18.5. The smallest absolute Gasteiger partial charge is 0.350 e. The average molecular weight is 582 g/mol. The van der Waals surface area contributed by atoms with E-state index in [9.17, 15) is 31.1 Å². The number of nitrogens with one attached hydrogen (secondary N) is 2. The lowest BCUT2D eigenvalue weighted by atomic mass is 9.85. The monoisotopic (exact) mass is 581 g/mol. The van der Waals surface area contributed by atoms with Gasteiger partial charge in [0.15, 0.2) is 5.11 Å². The van der Waals surface area contributed by atoms with Gasteiger partial charge < -0.3 is 15.5 Å². The first kappa shape index (κ1) is 29.6. The summed E-state index contributed by atoms with van der Waals surface area (Å²) in [6.07, 6.45) is -8.45. The minimum Gasteiger partial charge on any atom is -0.350 e. The summed E-state index contributed by atoms with van der Waals surface area (Å²) in [4.78, 5) is 15.6. The van der Waals surface area contributed by atoms with Crippen molar-refractivity contribution in [1.29, 1.82) is 0 Å². The molecule has 1 aliphatic heterocycles. The minimum absolute atomic E-state index is 0.0451. The first-order valence-corrected chi connectivity index (χ1v) is 13.1. The quantitative estimate of drug-likeness (QED) is 0.243. The molecule has 3 aromatic rings. The van der Waals surface area contributed by atoms with E-state index in [0.717, 1.165) is 29.2 Å². The fraction of sp³-hybridized carbons (Fsp3) is 0.379. The van der Waals surface area contributed by atoms with Gasteiger partial charge in [0.05, 0.1) is 17.2 Å². The van der Waals surface area contributed by atoms with Crippen molar-refractivity contribution in [3.63, 3.8) is 0 Å². The molecular formula is C29H29F6N3OS. The molecule has 40 heavy (non-hydrogen) atoms. The highest BCUT2D eigenvalue weighted by Gasteiger charge is 2.40. The summed E-state index contributed by atoms with van der Waals surface area (Å²) in [5.74, 6) is -0.257. The highest BCUT2D eigenvalue weighted by Crippen LogP contribution is 2.38. The Morgan fingerprint density at radius 3 is 2.08 bits per heavy atom. The Morgan fingerprint density at radius 1 is 0.900 bits per heavy atom. The van der Waals surface area contributed by atoms with Crippen LogP contribution in [0.25, 0.3) is 10.8 Å². The Morgan fingerprint density at radius 2 is 1.50 bits per heavy atom. The lowest BCUT2D eigenvalue weighted by molar-refractivity contribution is -0.143. The number of hydrogen-bond donors (Lipinski definition) is 2. The van der Waals surface area contributed by atoms with Gasteiger partial charge in [-0.25, -0.2) is 0 Å². The van der Waals surface area contributed by atoms with Gasteiger partial charge in [-0.2, -0.15) is 26.3 Å². The minimum atomic E-state index is -5.00. The van der Waals surface area contributed by atoms with Gasteiger partial charge in [-0.3, -0.25) is 4.79 Å². The maximum atomic E-state index is 13.9. The van der Waals surface area contributed by atoms with E-state index in [1.54, 1.807) is 25.7 Å². The molecule has 0 aliphatic carbocycles. The van der Waals surface area contributed by atoms with Crippen LogP contribution in [0.5, 0.6) is 0 Å². The topological polar surface area (TPSA) is 44.4 Å². The van der Waals surface area contributed by atoms with E-state index in [1.807, 2.05) is 36.4 Å². The molecule has 1 amide bonds. The number of anilines is 1. The maximum Gasteiger partial charge on any atom is 0.416 e. The van der Waals surface area contributed by atoms with Crippen molar-refractivity contribution in [2.45, 2.75) is 58.0 Å². The number of rotatable bonds is 4. The van der Waals surface area contributed by atoms with Gasteiger partial charge in [-0.1, -0.05) is 57.2 Å². The Balaban J connectivity index is 1.57. The van der Waals surface area contributed by atoms with E-state index in [2.05, 4.69) is 16.7 Å². The molecule has 0 saturated carbocycles. The molecule has 4 rings (SSSR count). The molecule has 0 aromatic heterocycles. The third-order valence-corrected chi connectivity index (χ3v) is 7.15. The standard InChI is InChI=1S/C29H29F6N3OS/c1-27(2,3)24(37-26(40)36-22-15-20(28(30,31)32)14-21(16-22)29(33,34)35)25(39)38-12-6-9-23(38)19-11-10-17-7-4-5-8-18(17)13-19/h4-5,7-8,10-11,13-16,23-24H,6,9,12H2,1-3H3,(H2,36,37,40)/t23-,24-/m1/s1. The highest BCUT2D eigenvalue weighted by molar-refractivity contribution is 7.80. The van der Waals surface area contributed by atoms with E-state index >= 15 is 0 Å². The fourth-order valence-electron chi connectivity index (χ4n) is 4.93. The summed E-state index contributed by atoms with van der Waals surface area (Å²) < 4.78 is 79.7. The number of amides is 1. The number of halogens is 6. The van der Waals surface area contributed by atoms with Crippen LogP contribution >= 0.6 is 12.2 Å². The third kappa shape index (κ3) is 6.68. The Bertz CT molecular complexity index is 1380. The van der Waals surface area contributed by atoms with Crippen LogP contribution in [0.2, 0.25) is 0 Å². The first-order valence-electron chi connectivity index (χ1n) is 12.7. The van der Waals surface area contributed by atoms with Gasteiger partial charge in [-0.15, -0.1) is 0 Å². The van der Waals surface area contributed by atoms with Crippen LogP contribution in [0.4, 0.5) is 32.0 Å². The molecular weight excluding hydrogens is 552 g/mol. The van der Waals surface area contributed by atoms with Crippen LogP contribution in [0, 0.1) is 5.41 Å². The number of thiocarbonyl (C=S) groups is 1. The number of alkyl halides is 6. The van der Waals surface area contributed by atoms with Gasteiger partial charge in [0.25, 0.3) is 0 Å². The van der Waals surface area contributed by atoms with Gasteiger partial charge in [0.1, 0.15) is 6.04 Å². The second kappa shape index (κ2) is 10.9. The number of carbonyl (C=O) groups is 1. The van der Waals surface area contributed by atoms with Crippen LogP contribution in [-0.4, -0.2) is 28.5 Å². The van der Waals surface area contributed by atoms with Crippen molar-refractivity contribution < 1.29 is 31.1 Å². The van der Waals surface area contributed by atoms with E-state index < -0.39 is 40.6 Å². The lowest BCUT2D eigenvalue weighted by Gasteiger charge is -2.36. The number of carbonyl (C=O) groups excluding carboxylic acids is 1. The molecule has 2 atom stereocenters. The summed E-state index contributed by atoms with van der Waals surface area (Å²) in [7, 11) is 0. The van der Waals surface area contributed by atoms with Gasteiger partial charge >= 0.3 is 12.4 Å². The number of benzene rings is 3. The van der Waals surface area contributed by atoms with Crippen LogP contribution in [0.1, 0.15) is 56.3 Å². The van der Waals surface area contributed by atoms with Gasteiger partial charge in [0, 0.05) is 12.2 Å². The molecule has 0 bridgehead atoms. The Hall–Kier alpha value is -3.34. The summed E-state index contributed by atoms with van der Waals surface area (Å²) in [6, 6.07) is 14.0. The summed E-state index contributed by atoms with van der Waals surface area (Å²) in [6.45, 7) is 5.92. The van der Waals surface area contributed by atoms with Crippen LogP contribution in [0.3, 0.4) is 0 Å². The van der Waals surface area contributed by atoms with E-state index in [0.29, 0.717) is 18.7 Å². The molecule has 3 aromatic carbocycles. The molecule has 1 heterocycles. The molecule has 214 valence electrons. The van der Waals surface area contributed by atoms with Crippen LogP contribution in [0.15, 0.2) is 60.7 Å². The largest absolute Gasteiger partial charge is 0.416 e. The number of nitrogens with zero attached hydrogens (tertiary/aromatic N) is 1. The third-order valence-electron chi connectivity index (χ3n) is 6.93. The Labute approximate surface area is 233 Å². The molecule has 2 N–H and O–H groups in total. The molecule has 1 fully saturated rings. The normalized spacial score (nSPS) is 17.1. The van der Waals surface area contributed by atoms with E-state index in [-0.39, 0.29) is 23.1 Å². The molecule has 0 unspecified atom stereocenters. The fourth-order valence-corrected chi connectivity index (χ4v) is 5.17. The second-order valence-corrected chi connectivity index (χ2v) is 11.4. The zero-order valence-electron chi connectivity index (χ0n) is 22.1. The summed E-state index contributed by atoms with van der Waals surface area (Å²) in [5.41, 5.74) is -3.13. The predicted octanol–water partition coefficient (Wildman–Crippen LogP) is 7.94. The van der Waals surface area contributed by atoms with Crippen molar-refractivity contribution >= 4 is 39.7 Å². The maximum absolute atomic E-state index is 13.9. The molecule has 1 aliphatic rings. The van der Waals surface area contributed by atoms with E-state index in [4.69, 9.17) is 12.2 Å². The molecule has 0 spiro atoms. The second-order valence-electron chi connectivity index (χ2n) is 11.0. The van der Waals surface area contributed by atoms with Gasteiger partial charge in [0.2, 0.25) is 5.91 Å². The van der Waals surface area contributed by atoms with Crippen molar-refractivity contribution in [1.82, 2.24) is 10.2 Å². The zero-order chi connectivity index (χ0) is 29.5. The summed E-state index contributed by atoms with van der Waals surface area (Å²) in [5, 5.41) is 7.16. The zero-order valence-corrected chi connectivity index (χ0v) is 22.9. The van der Waals surface area contributed by atoms with Crippen molar-refractivity contribution in [2.24, 2.45) is 5.41 Å². The van der Waals surface area contributed by atoms with Crippen molar-refractivity contribution in [3.05, 3.63) is 77.4 Å². The van der Waals surface area contributed by atoms with Crippen molar-refractivity contribution in [2.75, 3.05) is 11.9 Å².